The fourth-order valence-electron chi connectivity index (χ4n) is 3.97. The molecule has 1 N–H and O–H groups in total. The number of rotatable bonds is 5. The van der Waals surface area contributed by atoms with Crippen molar-refractivity contribution in [1.29, 1.82) is 0 Å². The molecule has 0 radical (unpaired) electrons. The molecule has 7 nitrogen and oxygen atoms in total. The summed E-state index contributed by atoms with van der Waals surface area (Å²) >= 11 is 0. The largest absolute Gasteiger partial charge is 0.467 e. The molecule has 0 aliphatic heterocycles. The van der Waals surface area contributed by atoms with E-state index in [0.717, 1.165) is 24.9 Å². The van der Waals surface area contributed by atoms with Crippen LogP contribution in [0.5, 0.6) is 5.88 Å². The monoisotopic (exact) mass is 399 g/mol. The lowest BCUT2D eigenvalue weighted by atomic mass is 9.88. The molecule has 0 bridgehead atoms. The van der Waals surface area contributed by atoms with E-state index in [9.17, 15) is 4.79 Å². The number of nitrogens with one attached hydrogen (secondary N) is 1. The van der Waals surface area contributed by atoms with E-state index in [-0.39, 0.29) is 18.6 Å². The fraction of sp³-hybridized carbons (Fsp3) is 0.217. The van der Waals surface area contributed by atoms with Gasteiger partial charge in [-0.2, -0.15) is 5.10 Å². The summed E-state index contributed by atoms with van der Waals surface area (Å²) in [5.41, 5.74) is 4.03. The van der Waals surface area contributed by atoms with Crippen molar-refractivity contribution in [1.82, 2.24) is 25.1 Å². The number of aromatic nitrogens is 4. The van der Waals surface area contributed by atoms with Crippen molar-refractivity contribution < 1.29 is 9.53 Å². The lowest BCUT2D eigenvalue weighted by Gasteiger charge is -2.26. The van der Waals surface area contributed by atoms with Crippen molar-refractivity contribution in [3.8, 4) is 11.6 Å². The maximum atomic E-state index is 12.6. The Morgan fingerprint density at radius 1 is 1.10 bits per heavy atom. The molecule has 0 unspecified atom stereocenters. The molecular formula is C23H21N5O2. The smallest absolute Gasteiger partial charge is 0.258 e. The van der Waals surface area contributed by atoms with Gasteiger partial charge in [0.05, 0.1) is 17.9 Å². The highest BCUT2D eigenvalue weighted by Crippen LogP contribution is 2.29. The maximum absolute atomic E-state index is 12.6. The Morgan fingerprint density at radius 2 is 1.93 bits per heavy atom. The van der Waals surface area contributed by atoms with Crippen LogP contribution in [0.4, 0.5) is 0 Å². The van der Waals surface area contributed by atoms with Crippen molar-refractivity contribution in [3.05, 3.63) is 78.2 Å². The third-order valence-corrected chi connectivity index (χ3v) is 5.37. The van der Waals surface area contributed by atoms with Gasteiger partial charge in [0, 0.05) is 0 Å². The first-order valence-corrected chi connectivity index (χ1v) is 10.0. The zero-order chi connectivity index (χ0) is 20.3. The number of hydrogen-bond donors (Lipinski definition) is 1. The van der Waals surface area contributed by atoms with Crippen LogP contribution in [-0.4, -0.2) is 32.3 Å². The number of para-hydroxylation sites is 1. The van der Waals surface area contributed by atoms with E-state index >= 15 is 0 Å². The van der Waals surface area contributed by atoms with Gasteiger partial charge in [0.15, 0.2) is 12.3 Å². The van der Waals surface area contributed by atoms with Crippen LogP contribution in [0.3, 0.4) is 0 Å². The van der Waals surface area contributed by atoms with E-state index in [1.54, 1.807) is 10.9 Å². The highest BCUT2D eigenvalue weighted by molar-refractivity contribution is 5.82. The summed E-state index contributed by atoms with van der Waals surface area (Å²) in [6.45, 7) is -0.110. The quantitative estimate of drug-likeness (QED) is 0.556. The van der Waals surface area contributed by atoms with Crippen LogP contribution in [0.2, 0.25) is 0 Å². The lowest BCUT2D eigenvalue weighted by Crippen LogP contribution is -2.34. The number of aryl methyl sites for hydroxylation is 1. The van der Waals surface area contributed by atoms with Gasteiger partial charge in [0.25, 0.3) is 5.91 Å². The SMILES string of the molecule is O=C(COc1ncnc2c1cnn2-c1ccccc1)N[C@H]1CCCc2ccccc21. The van der Waals surface area contributed by atoms with E-state index in [1.165, 1.54) is 17.5 Å². The second-order valence-corrected chi connectivity index (χ2v) is 7.31. The zero-order valence-corrected chi connectivity index (χ0v) is 16.4. The Morgan fingerprint density at radius 3 is 2.83 bits per heavy atom. The predicted octanol–water partition coefficient (Wildman–Crippen LogP) is 3.39. The van der Waals surface area contributed by atoms with E-state index in [1.807, 2.05) is 42.5 Å². The molecule has 0 saturated carbocycles. The number of carbonyl (C=O) groups excluding carboxylic acids is 1. The molecule has 0 saturated heterocycles. The van der Waals surface area contributed by atoms with Crippen LogP contribution in [-0.2, 0) is 11.2 Å². The number of fused-ring (bicyclic) bond motifs is 2. The van der Waals surface area contributed by atoms with Gasteiger partial charge in [-0.15, -0.1) is 0 Å². The van der Waals surface area contributed by atoms with Crippen LogP contribution < -0.4 is 10.1 Å². The topological polar surface area (TPSA) is 81.9 Å². The molecule has 5 rings (SSSR count). The van der Waals surface area contributed by atoms with E-state index in [4.69, 9.17) is 4.74 Å². The number of amides is 1. The summed E-state index contributed by atoms with van der Waals surface area (Å²) in [6, 6.07) is 18.0. The second kappa shape index (κ2) is 7.94. The maximum Gasteiger partial charge on any atom is 0.258 e. The van der Waals surface area contributed by atoms with Gasteiger partial charge in [0.2, 0.25) is 5.88 Å². The van der Waals surface area contributed by atoms with Gasteiger partial charge in [-0.1, -0.05) is 42.5 Å². The highest BCUT2D eigenvalue weighted by atomic mass is 16.5. The molecule has 4 aromatic rings. The molecule has 0 spiro atoms. The van der Waals surface area contributed by atoms with Crippen molar-refractivity contribution >= 4 is 16.9 Å². The van der Waals surface area contributed by atoms with E-state index in [0.29, 0.717) is 16.9 Å². The molecular weight excluding hydrogens is 378 g/mol. The molecule has 1 aliphatic rings. The summed E-state index contributed by atoms with van der Waals surface area (Å²) in [6.07, 6.45) is 6.14. The molecule has 0 fully saturated rings. The molecule has 1 aliphatic carbocycles. The first-order valence-electron chi connectivity index (χ1n) is 10.0. The van der Waals surface area contributed by atoms with Crippen LogP contribution in [0, 0.1) is 0 Å². The standard InChI is InChI=1S/C23H21N5O2/c29-21(27-20-12-6-8-16-7-4-5-11-18(16)20)14-30-23-19-13-26-28(22(19)24-15-25-23)17-9-2-1-3-10-17/h1-5,7,9-11,13,15,20H,6,8,12,14H2,(H,27,29)/t20-/m0/s1. The summed E-state index contributed by atoms with van der Waals surface area (Å²) in [5, 5.41) is 8.17. The predicted molar refractivity (Wildman–Crippen MR) is 112 cm³/mol. The molecule has 2 aromatic heterocycles. The first-order chi connectivity index (χ1) is 14.8. The minimum absolute atomic E-state index is 0.0253. The summed E-state index contributed by atoms with van der Waals surface area (Å²) < 4.78 is 7.47. The summed E-state index contributed by atoms with van der Waals surface area (Å²) in [5.74, 6) is 0.181. The Balaban J connectivity index is 1.30. The van der Waals surface area contributed by atoms with E-state index < -0.39 is 0 Å². The van der Waals surface area contributed by atoms with Crippen molar-refractivity contribution in [3.63, 3.8) is 0 Å². The van der Waals surface area contributed by atoms with Crippen molar-refractivity contribution in [2.24, 2.45) is 0 Å². The Labute approximate surface area is 173 Å². The fourth-order valence-corrected chi connectivity index (χ4v) is 3.97. The molecule has 2 aromatic carbocycles. The van der Waals surface area contributed by atoms with E-state index in [2.05, 4.69) is 32.5 Å². The average molecular weight is 399 g/mol. The molecule has 2 heterocycles. The van der Waals surface area contributed by atoms with Gasteiger partial charge in [-0.3, -0.25) is 4.79 Å². The third-order valence-electron chi connectivity index (χ3n) is 5.37. The van der Waals surface area contributed by atoms with Gasteiger partial charge < -0.3 is 10.1 Å². The molecule has 7 heteroatoms. The van der Waals surface area contributed by atoms with Crippen molar-refractivity contribution in [2.75, 3.05) is 6.61 Å². The van der Waals surface area contributed by atoms with Crippen molar-refractivity contribution in [2.45, 2.75) is 25.3 Å². The molecule has 150 valence electrons. The van der Waals surface area contributed by atoms with Gasteiger partial charge in [-0.05, 0) is 42.5 Å². The van der Waals surface area contributed by atoms with Gasteiger partial charge in [0.1, 0.15) is 11.7 Å². The highest BCUT2D eigenvalue weighted by Gasteiger charge is 2.22. The Hall–Kier alpha value is -3.74. The van der Waals surface area contributed by atoms with Gasteiger partial charge >= 0.3 is 0 Å². The Kier molecular flexibility index (Phi) is 4.85. The number of ether oxygens (including phenoxy) is 1. The summed E-state index contributed by atoms with van der Waals surface area (Å²) in [7, 11) is 0. The third kappa shape index (κ3) is 3.50. The molecule has 1 atom stereocenters. The van der Waals surface area contributed by atoms with Crippen LogP contribution in [0.1, 0.15) is 30.0 Å². The lowest BCUT2D eigenvalue weighted by molar-refractivity contribution is -0.124. The molecule has 1 amide bonds. The van der Waals surface area contributed by atoms with Crippen LogP contribution >= 0.6 is 0 Å². The second-order valence-electron chi connectivity index (χ2n) is 7.31. The van der Waals surface area contributed by atoms with Crippen LogP contribution in [0.25, 0.3) is 16.7 Å². The minimum atomic E-state index is -0.168. The summed E-state index contributed by atoms with van der Waals surface area (Å²) in [4.78, 5) is 21.1. The zero-order valence-electron chi connectivity index (χ0n) is 16.4. The number of hydrogen-bond acceptors (Lipinski definition) is 5. The normalized spacial score (nSPS) is 15.5. The number of benzene rings is 2. The molecule has 30 heavy (non-hydrogen) atoms. The minimum Gasteiger partial charge on any atom is -0.467 e. The van der Waals surface area contributed by atoms with Gasteiger partial charge in [-0.25, -0.2) is 14.6 Å². The Bertz CT molecular complexity index is 1190. The van der Waals surface area contributed by atoms with Crippen LogP contribution in [0.15, 0.2) is 67.1 Å². The number of nitrogens with zero attached hydrogens (tertiary/aromatic N) is 4. The number of carbonyl (C=O) groups is 1. The first kappa shape index (κ1) is 18.3. The average Bonchev–Trinajstić information content (AvgIpc) is 3.23.